The summed E-state index contributed by atoms with van der Waals surface area (Å²) in [5, 5.41) is 12.1. The molecule has 19 heavy (non-hydrogen) atoms. The van der Waals surface area contributed by atoms with E-state index in [1.807, 2.05) is 24.3 Å². The van der Waals surface area contributed by atoms with E-state index in [2.05, 4.69) is 18.3 Å². The van der Waals surface area contributed by atoms with Crippen molar-refractivity contribution >= 4 is 5.69 Å². The smallest absolute Gasteiger partial charge is 0.174 e. The van der Waals surface area contributed by atoms with E-state index in [0.717, 1.165) is 17.4 Å². The van der Waals surface area contributed by atoms with Gasteiger partial charge in [0.05, 0.1) is 0 Å². The van der Waals surface area contributed by atoms with Gasteiger partial charge in [0.15, 0.2) is 6.61 Å². The summed E-state index contributed by atoms with van der Waals surface area (Å²) in [6, 6.07) is 10.4. The maximum atomic E-state index is 8.52. The zero-order valence-electron chi connectivity index (χ0n) is 11.6. The van der Waals surface area contributed by atoms with Crippen molar-refractivity contribution in [3.05, 3.63) is 24.3 Å². The molecule has 0 heterocycles. The van der Waals surface area contributed by atoms with Crippen LogP contribution in [0.4, 0.5) is 5.69 Å². The van der Waals surface area contributed by atoms with Crippen molar-refractivity contribution in [2.45, 2.75) is 45.1 Å². The molecular weight excluding hydrogens is 236 g/mol. The number of benzene rings is 1. The molecule has 2 rings (SSSR count). The van der Waals surface area contributed by atoms with Crippen LogP contribution in [-0.2, 0) is 0 Å². The molecule has 0 bridgehead atoms. The minimum atomic E-state index is 0.102. The zero-order valence-corrected chi connectivity index (χ0v) is 11.6. The van der Waals surface area contributed by atoms with Gasteiger partial charge in [0, 0.05) is 17.8 Å². The average molecular weight is 258 g/mol. The van der Waals surface area contributed by atoms with E-state index in [9.17, 15) is 0 Å². The maximum absolute atomic E-state index is 8.52. The summed E-state index contributed by atoms with van der Waals surface area (Å²) < 4.78 is 5.32. The molecule has 1 fully saturated rings. The van der Waals surface area contributed by atoms with Crippen LogP contribution in [0.1, 0.15) is 39.0 Å². The number of hydrogen-bond donors (Lipinski definition) is 1. The Hall–Kier alpha value is -1.69. The zero-order chi connectivity index (χ0) is 13.5. The Labute approximate surface area is 115 Å². The fraction of sp³-hybridized carbons (Fsp3) is 0.562. The lowest BCUT2D eigenvalue weighted by Crippen LogP contribution is -2.25. The van der Waals surface area contributed by atoms with Crippen LogP contribution in [0.25, 0.3) is 0 Å². The van der Waals surface area contributed by atoms with Gasteiger partial charge < -0.3 is 10.1 Å². The van der Waals surface area contributed by atoms with Crippen LogP contribution in [0.15, 0.2) is 24.3 Å². The molecule has 1 N–H and O–H groups in total. The molecule has 0 atom stereocenters. The molecule has 1 aliphatic rings. The van der Waals surface area contributed by atoms with Gasteiger partial charge in [0.1, 0.15) is 11.8 Å². The summed E-state index contributed by atoms with van der Waals surface area (Å²) in [4.78, 5) is 0. The number of anilines is 1. The fourth-order valence-corrected chi connectivity index (χ4v) is 2.74. The summed E-state index contributed by atoms with van der Waals surface area (Å²) in [6.07, 6.45) is 6.48. The Morgan fingerprint density at radius 3 is 2.79 bits per heavy atom. The first-order chi connectivity index (χ1) is 9.31. The van der Waals surface area contributed by atoms with Crippen LogP contribution in [0.3, 0.4) is 0 Å². The molecule has 0 saturated heterocycles. The van der Waals surface area contributed by atoms with E-state index >= 15 is 0 Å². The second kappa shape index (κ2) is 7.04. The molecule has 1 saturated carbocycles. The summed E-state index contributed by atoms with van der Waals surface area (Å²) in [5.74, 6) is 1.68. The predicted molar refractivity (Wildman–Crippen MR) is 77.2 cm³/mol. The van der Waals surface area contributed by atoms with Crippen LogP contribution >= 0.6 is 0 Å². The highest BCUT2D eigenvalue weighted by Crippen LogP contribution is 2.29. The number of nitrogens with zero attached hydrogens (tertiary/aromatic N) is 1. The van der Waals surface area contributed by atoms with E-state index in [1.54, 1.807) is 0 Å². The van der Waals surface area contributed by atoms with Crippen molar-refractivity contribution < 1.29 is 4.74 Å². The van der Waals surface area contributed by atoms with Crippen LogP contribution in [0.5, 0.6) is 5.75 Å². The normalized spacial score (nSPS) is 22.5. The Morgan fingerprint density at radius 1 is 1.32 bits per heavy atom. The first-order valence-corrected chi connectivity index (χ1v) is 7.18. The summed E-state index contributed by atoms with van der Waals surface area (Å²) in [7, 11) is 0. The Bertz CT molecular complexity index is 431. The largest absolute Gasteiger partial charge is 0.479 e. The first-order valence-electron chi connectivity index (χ1n) is 7.18. The third kappa shape index (κ3) is 4.17. The van der Waals surface area contributed by atoms with Crippen molar-refractivity contribution in [3.8, 4) is 11.8 Å². The van der Waals surface area contributed by atoms with Gasteiger partial charge in [-0.15, -0.1) is 0 Å². The van der Waals surface area contributed by atoms with Gasteiger partial charge in [-0.05, 0) is 43.7 Å². The molecule has 0 aromatic heterocycles. The number of ether oxygens (including phenoxy) is 1. The monoisotopic (exact) mass is 258 g/mol. The molecule has 1 aliphatic carbocycles. The third-order valence-corrected chi connectivity index (χ3v) is 3.93. The average Bonchev–Trinajstić information content (AvgIpc) is 2.46. The molecule has 0 spiro atoms. The molecule has 3 nitrogen and oxygen atoms in total. The quantitative estimate of drug-likeness (QED) is 0.869. The van der Waals surface area contributed by atoms with E-state index in [4.69, 9.17) is 10.00 Å². The number of nitriles is 1. The molecule has 0 aliphatic heterocycles. The summed E-state index contributed by atoms with van der Waals surface area (Å²) in [6.45, 7) is 2.39. The van der Waals surface area contributed by atoms with Gasteiger partial charge >= 0.3 is 0 Å². The van der Waals surface area contributed by atoms with Crippen LogP contribution in [0, 0.1) is 17.2 Å². The molecule has 3 heteroatoms. The number of hydrogen-bond acceptors (Lipinski definition) is 3. The molecular formula is C16H22N2O. The Morgan fingerprint density at radius 2 is 2.11 bits per heavy atom. The lowest BCUT2D eigenvalue weighted by atomic mass is 9.84. The molecule has 0 amide bonds. The second-order valence-electron chi connectivity index (χ2n) is 5.24. The second-order valence-corrected chi connectivity index (χ2v) is 5.24. The van der Waals surface area contributed by atoms with Crippen LogP contribution in [0.2, 0.25) is 0 Å². The number of nitrogens with one attached hydrogen (secondary N) is 1. The lowest BCUT2D eigenvalue weighted by molar-refractivity contribution is 0.330. The minimum Gasteiger partial charge on any atom is -0.479 e. The van der Waals surface area contributed by atoms with Gasteiger partial charge in [0.2, 0.25) is 0 Å². The van der Waals surface area contributed by atoms with Crippen molar-refractivity contribution in [1.82, 2.24) is 0 Å². The lowest BCUT2D eigenvalue weighted by Gasteiger charge is -2.29. The van der Waals surface area contributed by atoms with Gasteiger partial charge in [-0.1, -0.05) is 19.4 Å². The molecule has 102 valence electrons. The predicted octanol–water partition coefficient (Wildman–Crippen LogP) is 3.97. The Kier molecular flexibility index (Phi) is 5.09. The first kappa shape index (κ1) is 13.7. The van der Waals surface area contributed by atoms with Gasteiger partial charge in [-0.25, -0.2) is 0 Å². The van der Waals surface area contributed by atoms with Gasteiger partial charge in [-0.2, -0.15) is 5.26 Å². The number of rotatable bonds is 5. The highest BCUT2D eigenvalue weighted by atomic mass is 16.5. The fourth-order valence-electron chi connectivity index (χ4n) is 2.74. The summed E-state index contributed by atoms with van der Waals surface area (Å²) >= 11 is 0. The minimum absolute atomic E-state index is 0.102. The molecule has 0 unspecified atom stereocenters. The topological polar surface area (TPSA) is 45.0 Å². The van der Waals surface area contributed by atoms with Crippen molar-refractivity contribution in [2.24, 2.45) is 5.92 Å². The van der Waals surface area contributed by atoms with Crippen molar-refractivity contribution in [2.75, 3.05) is 11.9 Å². The highest BCUT2D eigenvalue weighted by molar-refractivity contribution is 5.49. The van der Waals surface area contributed by atoms with E-state index in [-0.39, 0.29) is 6.61 Å². The molecule has 1 aromatic rings. The van der Waals surface area contributed by atoms with E-state index in [0.29, 0.717) is 6.04 Å². The van der Waals surface area contributed by atoms with Crippen LogP contribution < -0.4 is 10.1 Å². The third-order valence-electron chi connectivity index (χ3n) is 3.93. The molecule has 0 radical (unpaired) electrons. The van der Waals surface area contributed by atoms with Crippen LogP contribution in [-0.4, -0.2) is 12.6 Å². The van der Waals surface area contributed by atoms with E-state index < -0.39 is 0 Å². The van der Waals surface area contributed by atoms with E-state index in [1.165, 1.54) is 32.1 Å². The van der Waals surface area contributed by atoms with Crippen molar-refractivity contribution in [1.29, 1.82) is 5.26 Å². The SMILES string of the molecule is CCC1CCC(Nc2cccc(OCC#N)c2)CC1. The maximum Gasteiger partial charge on any atom is 0.174 e. The Balaban J connectivity index is 1.87. The van der Waals surface area contributed by atoms with Gasteiger partial charge in [-0.3, -0.25) is 0 Å². The molecule has 1 aromatic carbocycles. The summed E-state index contributed by atoms with van der Waals surface area (Å²) in [5.41, 5.74) is 1.09. The van der Waals surface area contributed by atoms with Gasteiger partial charge in [0.25, 0.3) is 0 Å². The standard InChI is InChI=1S/C16H22N2O/c1-2-13-6-8-14(9-7-13)18-15-4-3-5-16(12-15)19-11-10-17/h3-5,12-14,18H,2,6-9,11H2,1H3. The highest BCUT2D eigenvalue weighted by Gasteiger charge is 2.19. The van der Waals surface area contributed by atoms with Crippen molar-refractivity contribution in [3.63, 3.8) is 0 Å².